The number of unbranched alkanes of at least 4 members (excludes halogenated alkanes) is 4. The zero-order chi connectivity index (χ0) is 15.5. The van der Waals surface area contributed by atoms with E-state index in [0.717, 1.165) is 37.2 Å². The second kappa shape index (κ2) is 17.0. The molecule has 0 saturated heterocycles. The molecule has 0 atom stereocenters. The van der Waals surface area contributed by atoms with E-state index in [9.17, 15) is 16.8 Å². The van der Waals surface area contributed by atoms with Crippen molar-refractivity contribution in [3.05, 3.63) is 0 Å². The first-order valence-electron chi connectivity index (χ1n) is 6.35. The summed E-state index contributed by atoms with van der Waals surface area (Å²) in [4.78, 5) is 0. The summed E-state index contributed by atoms with van der Waals surface area (Å²) in [5.74, 6) is 1.53. The molecule has 6 nitrogen and oxygen atoms in total. The first-order chi connectivity index (χ1) is 9.21. The molecule has 0 aliphatic rings. The van der Waals surface area contributed by atoms with E-state index in [-0.39, 0.29) is 70.6 Å². The molecule has 0 aliphatic heterocycles. The van der Waals surface area contributed by atoms with Gasteiger partial charge in [-0.15, -0.1) is 0 Å². The van der Waals surface area contributed by atoms with Crippen molar-refractivity contribution in [2.24, 2.45) is 0 Å². The Labute approximate surface area is 186 Å². The summed E-state index contributed by atoms with van der Waals surface area (Å²) in [5.41, 5.74) is 0. The molecule has 0 spiro atoms. The molecule has 0 amide bonds. The molecular weight excluding hydrogens is 390 g/mol. The Balaban J connectivity index is -0.00000180. The van der Waals surface area contributed by atoms with E-state index in [0.29, 0.717) is 12.8 Å². The Kier molecular flexibility index (Phi) is 22.6. The fraction of sp³-hybridized carbons (Fsp3) is 1.00. The average molecular weight is 413 g/mol. The molecule has 12 heteroatoms. The molecule has 22 heavy (non-hydrogen) atoms. The van der Waals surface area contributed by atoms with E-state index in [1.54, 1.807) is 21.6 Å². The minimum absolute atomic E-state index is 0. The minimum atomic E-state index is -3.82. The predicted molar refractivity (Wildman–Crippen MR) is 97.0 cm³/mol. The van der Waals surface area contributed by atoms with E-state index < -0.39 is 20.2 Å². The van der Waals surface area contributed by atoms with Gasteiger partial charge in [-0.05, 0) is 25.7 Å². The second-order valence-electron chi connectivity index (χ2n) is 4.34. The van der Waals surface area contributed by atoms with Crippen molar-refractivity contribution < 1.29 is 25.9 Å². The van der Waals surface area contributed by atoms with Crippen LogP contribution in [0.25, 0.3) is 0 Å². The molecule has 2 N–H and O–H groups in total. The van der Waals surface area contributed by atoms with Gasteiger partial charge in [-0.1, -0.05) is 34.4 Å². The fourth-order valence-electron chi connectivity index (χ4n) is 1.36. The van der Waals surface area contributed by atoms with Crippen molar-refractivity contribution in [2.75, 3.05) is 23.0 Å². The van der Waals surface area contributed by atoms with Gasteiger partial charge in [0.15, 0.2) is 0 Å². The topological polar surface area (TPSA) is 109 Å². The molecule has 0 saturated carbocycles. The molecule has 0 aromatic carbocycles. The smallest absolute Gasteiger partial charge is 0.264 e. The molecular formula is C10H22Na2O6S4. The molecule has 0 aromatic heterocycles. The van der Waals surface area contributed by atoms with Crippen LogP contribution < -0.4 is 0 Å². The average Bonchev–Trinajstić information content (AvgIpc) is 2.27. The molecule has 0 heterocycles. The van der Waals surface area contributed by atoms with Crippen LogP contribution in [0.4, 0.5) is 0 Å². The molecule has 124 valence electrons. The van der Waals surface area contributed by atoms with Crippen LogP contribution in [-0.4, -0.2) is 108 Å². The van der Waals surface area contributed by atoms with Crippen LogP contribution >= 0.6 is 21.6 Å². The maximum absolute atomic E-state index is 10.4. The maximum atomic E-state index is 10.4. The molecule has 0 unspecified atom stereocenters. The maximum Gasteiger partial charge on any atom is 0.264 e. The molecule has 0 aromatic rings. The first kappa shape index (κ1) is 29.3. The first-order valence-corrected chi connectivity index (χ1v) is 12.1. The number of hydrogen-bond acceptors (Lipinski definition) is 6. The fourth-order valence-corrected chi connectivity index (χ4v) is 4.79. The summed E-state index contributed by atoms with van der Waals surface area (Å²) in [6, 6.07) is 0. The zero-order valence-electron chi connectivity index (χ0n) is 13.2. The largest absolute Gasteiger partial charge is 0.286 e. The van der Waals surface area contributed by atoms with Crippen molar-refractivity contribution in [1.82, 2.24) is 0 Å². The number of rotatable bonds is 13. The van der Waals surface area contributed by atoms with Gasteiger partial charge >= 0.3 is 0 Å². The van der Waals surface area contributed by atoms with E-state index in [2.05, 4.69) is 0 Å². The molecule has 0 bridgehead atoms. The van der Waals surface area contributed by atoms with E-state index in [1.165, 1.54) is 0 Å². The third-order valence-electron chi connectivity index (χ3n) is 2.34. The molecule has 0 fully saturated rings. The molecule has 0 rings (SSSR count). The standard InChI is InChI=1S/C10H22O6S4.2Na/c11-19(12,13)9-5-1-3-7-17-18-8-4-2-6-10-20(14,15)16;;/h1-10H2,(H,11,12,13)(H,14,15,16);;. The van der Waals surface area contributed by atoms with Gasteiger partial charge in [-0.2, -0.15) is 16.8 Å². The van der Waals surface area contributed by atoms with Gasteiger partial charge < -0.3 is 0 Å². The van der Waals surface area contributed by atoms with Crippen molar-refractivity contribution in [3.8, 4) is 0 Å². The van der Waals surface area contributed by atoms with Gasteiger partial charge in [0.05, 0.1) is 11.5 Å². The third kappa shape index (κ3) is 27.4. The SMILES string of the molecule is O=S(=O)(O)CCCCCSSCCCCCS(=O)(=O)O.[Na].[Na]. The van der Waals surface area contributed by atoms with Gasteiger partial charge in [0, 0.05) is 70.6 Å². The summed E-state index contributed by atoms with van der Waals surface area (Å²) in [7, 11) is -4.21. The van der Waals surface area contributed by atoms with Gasteiger partial charge in [0.1, 0.15) is 0 Å². The van der Waals surface area contributed by atoms with E-state index in [1.807, 2.05) is 0 Å². The summed E-state index contributed by atoms with van der Waals surface area (Å²) in [6.07, 6.45) is 4.36. The monoisotopic (exact) mass is 412 g/mol. The van der Waals surface area contributed by atoms with E-state index >= 15 is 0 Å². The molecule has 2 radical (unpaired) electrons. The summed E-state index contributed by atoms with van der Waals surface area (Å²) < 4.78 is 58.8. The van der Waals surface area contributed by atoms with Crippen LogP contribution in [0.5, 0.6) is 0 Å². The Morgan fingerprint density at radius 3 is 1.18 bits per heavy atom. The van der Waals surface area contributed by atoms with Gasteiger partial charge in [-0.25, -0.2) is 0 Å². The van der Waals surface area contributed by atoms with Crippen LogP contribution in [0.1, 0.15) is 38.5 Å². The van der Waals surface area contributed by atoms with Crippen molar-refractivity contribution >= 4 is 101 Å². The van der Waals surface area contributed by atoms with Gasteiger partial charge in [0.25, 0.3) is 20.2 Å². The van der Waals surface area contributed by atoms with Gasteiger partial charge in [-0.3, -0.25) is 9.11 Å². The molecule has 0 aliphatic carbocycles. The minimum Gasteiger partial charge on any atom is -0.286 e. The summed E-state index contributed by atoms with van der Waals surface area (Å²) in [6.45, 7) is 0. The summed E-state index contributed by atoms with van der Waals surface area (Å²) in [5, 5.41) is 0. The Morgan fingerprint density at radius 1 is 0.591 bits per heavy atom. The van der Waals surface area contributed by atoms with Crippen molar-refractivity contribution in [2.45, 2.75) is 38.5 Å². The quantitative estimate of drug-likeness (QED) is 0.204. The van der Waals surface area contributed by atoms with Crippen LogP contribution in [0.2, 0.25) is 0 Å². The number of hydrogen-bond donors (Lipinski definition) is 2. The third-order valence-corrected chi connectivity index (χ3v) is 6.53. The van der Waals surface area contributed by atoms with Crippen molar-refractivity contribution in [3.63, 3.8) is 0 Å². The predicted octanol–water partition coefficient (Wildman–Crippen LogP) is 1.72. The van der Waals surface area contributed by atoms with Crippen LogP contribution in [-0.2, 0) is 20.2 Å². The van der Waals surface area contributed by atoms with Crippen LogP contribution in [0.15, 0.2) is 0 Å². The Bertz CT molecular complexity index is 398. The second-order valence-corrected chi connectivity index (χ2v) is 10.2. The van der Waals surface area contributed by atoms with Crippen LogP contribution in [0, 0.1) is 0 Å². The zero-order valence-corrected chi connectivity index (χ0v) is 20.5. The summed E-state index contributed by atoms with van der Waals surface area (Å²) >= 11 is 0. The Morgan fingerprint density at radius 2 is 0.909 bits per heavy atom. The van der Waals surface area contributed by atoms with E-state index in [4.69, 9.17) is 9.11 Å². The Hall–Kier alpha value is 2.52. The van der Waals surface area contributed by atoms with Crippen LogP contribution in [0.3, 0.4) is 0 Å². The van der Waals surface area contributed by atoms with Crippen molar-refractivity contribution in [1.29, 1.82) is 0 Å². The normalized spacial score (nSPS) is 11.5. The van der Waals surface area contributed by atoms with Gasteiger partial charge in [0.2, 0.25) is 0 Å².